The second-order valence-electron chi connectivity index (χ2n) is 5.60. The number of esters is 1. The molecule has 0 aliphatic rings. The molecule has 0 radical (unpaired) electrons. The summed E-state index contributed by atoms with van der Waals surface area (Å²) < 4.78 is 4.88. The summed E-state index contributed by atoms with van der Waals surface area (Å²) in [4.78, 5) is 35.9. The van der Waals surface area contributed by atoms with Crippen LogP contribution in [0.4, 0.5) is 22.7 Å². The molecule has 0 aliphatic carbocycles. The molecular formula is C17H18N4O5. The Balaban J connectivity index is 1.93. The zero-order valence-corrected chi connectivity index (χ0v) is 14.3. The van der Waals surface area contributed by atoms with Gasteiger partial charge in [0.1, 0.15) is 5.69 Å². The molecule has 9 heteroatoms. The predicted molar refractivity (Wildman–Crippen MR) is 97.2 cm³/mol. The molecule has 2 aromatic carbocycles. The molecule has 0 saturated carbocycles. The summed E-state index contributed by atoms with van der Waals surface area (Å²) in [5, 5.41) is 13.4. The van der Waals surface area contributed by atoms with Crippen LogP contribution in [0, 0.1) is 10.1 Å². The van der Waals surface area contributed by atoms with Gasteiger partial charge in [-0.05, 0) is 36.4 Å². The highest BCUT2D eigenvalue weighted by molar-refractivity contribution is 5.96. The maximum Gasteiger partial charge on any atom is 0.338 e. The van der Waals surface area contributed by atoms with E-state index in [4.69, 9.17) is 10.5 Å². The molecule has 0 atom stereocenters. The van der Waals surface area contributed by atoms with E-state index in [1.807, 2.05) is 31.1 Å². The number of ether oxygens (including phenoxy) is 1. The third kappa shape index (κ3) is 4.69. The fourth-order valence-electron chi connectivity index (χ4n) is 2.08. The lowest BCUT2D eigenvalue weighted by atomic mass is 10.2. The number of amides is 1. The average Bonchev–Trinajstić information content (AvgIpc) is 2.60. The summed E-state index contributed by atoms with van der Waals surface area (Å²) in [5.74, 6) is -1.38. The summed E-state index contributed by atoms with van der Waals surface area (Å²) in [6.45, 7) is -0.521. The lowest BCUT2D eigenvalue weighted by Gasteiger charge is -2.13. The van der Waals surface area contributed by atoms with Crippen molar-refractivity contribution in [2.45, 2.75) is 0 Å². The van der Waals surface area contributed by atoms with Crippen molar-refractivity contribution in [2.24, 2.45) is 0 Å². The number of anilines is 3. The van der Waals surface area contributed by atoms with Gasteiger partial charge in [0, 0.05) is 31.5 Å². The smallest absolute Gasteiger partial charge is 0.338 e. The monoisotopic (exact) mass is 358 g/mol. The van der Waals surface area contributed by atoms with Crippen LogP contribution in [0.15, 0.2) is 42.5 Å². The third-order valence-corrected chi connectivity index (χ3v) is 3.46. The van der Waals surface area contributed by atoms with Crippen molar-refractivity contribution in [1.29, 1.82) is 0 Å². The molecule has 0 saturated heterocycles. The molecule has 0 fully saturated rings. The van der Waals surface area contributed by atoms with Gasteiger partial charge in [-0.1, -0.05) is 0 Å². The number of benzene rings is 2. The number of hydrogen-bond donors (Lipinski definition) is 2. The molecule has 0 bridgehead atoms. The minimum atomic E-state index is -0.855. The third-order valence-electron chi connectivity index (χ3n) is 3.46. The number of carbonyl (C=O) groups is 2. The Labute approximate surface area is 149 Å². The molecular weight excluding hydrogens is 340 g/mol. The minimum absolute atomic E-state index is 0.0611. The van der Waals surface area contributed by atoms with Gasteiger partial charge in [0.15, 0.2) is 6.61 Å². The van der Waals surface area contributed by atoms with Crippen LogP contribution in [-0.2, 0) is 9.53 Å². The van der Waals surface area contributed by atoms with Crippen LogP contribution < -0.4 is 16.0 Å². The highest BCUT2D eigenvalue weighted by atomic mass is 16.6. The van der Waals surface area contributed by atoms with Crippen molar-refractivity contribution < 1.29 is 19.2 Å². The van der Waals surface area contributed by atoms with E-state index in [2.05, 4.69) is 5.32 Å². The highest BCUT2D eigenvalue weighted by Crippen LogP contribution is 2.22. The van der Waals surface area contributed by atoms with Crippen LogP contribution in [0.2, 0.25) is 0 Å². The maximum absolute atomic E-state index is 11.9. The summed E-state index contributed by atoms with van der Waals surface area (Å²) in [5.41, 5.74) is 6.47. The van der Waals surface area contributed by atoms with Crippen LogP contribution in [0.3, 0.4) is 0 Å². The first kappa shape index (κ1) is 18.7. The van der Waals surface area contributed by atoms with Gasteiger partial charge in [-0.25, -0.2) is 4.79 Å². The summed E-state index contributed by atoms with van der Waals surface area (Å²) >= 11 is 0. The number of nitro benzene ring substituents is 1. The van der Waals surface area contributed by atoms with Crippen molar-refractivity contribution in [3.63, 3.8) is 0 Å². The number of hydrogen-bond acceptors (Lipinski definition) is 7. The summed E-state index contributed by atoms with van der Waals surface area (Å²) in [6, 6.07) is 10.6. The van der Waals surface area contributed by atoms with Crippen LogP contribution in [0.1, 0.15) is 10.4 Å². The van der Waals surface area contributed by atoms with E-state index in [1.165, 1.54) is 12.1 Å². The first-order chi connectivity index (χ1) is 12.3. The van der Waals surface area contributed by atoms with Gasteiger partial charge in [-0.2, -0.15) is 0 Å². The fraction of sp³-hybridized carbons (Fsp3) is 0.176. The Bertz CT molecular complexity index is 834. The van der Waals surface area contributed by atoms with Gasteiger partial charge < -0.3 is 20.7 Å². The van der Waals surface area contributed by atoms with Crippen LogP contribution in [0.25, 0.3) is 0 Å². The first-order valence-electron chi connectivity index (χ1n) is 7.56. The lowest BCUT2D eigenvalue weighted by molar-refractivity contribution is -0.383. The van der Waals surface area contributed by atoms with Gasteiger partial charge >= 0.3 is 5.97 Å². The van der Waals surface area contributed by atoms with E-state index in [1.54, 1.807) is 12.1 Å². The molecule has 0 heterocycles. The standard InChI is InChI=1S/C17H18N4O5/c1-20(2)13-6-4-12(5-7-13)19-16(22)10-26-17(23)11-3-8-14(18)15(9-11)21(24)25/h3-9H,10,18H2,1-2H3,(H,19,22). The molecule has 2 rings (SSSR count). The van der Waals surface area contributed by atoms with Crippen molar-refractivity contribution in [2.75, 3.05) is 36.7 Å². The molecule has 0 aromatic heterocycles. The van der Waals surface area contributed by atoms with Crippen LogP contribution in [0.5, 0.6) is 0 Å². The number of nitrogens with two attached hydrogens (primary N) is 1. The Morgan fingerprint density at radius 2 is 1.85 bits per heavy atom. The normalized spacial score (nSPS) is 10.1. The lowest BCUT2D eigenvalue weighted by Crippen LogP contribution is -2.21. The molecule has 9 nitrogen and oxygen atoms in total. The largest absolute Gasteiger partial charge is 0.452 e. The maximum atomic E-state index is 11.9. The second-order valence-corrected chi connectivity index (χ2v) is 5.60. The van der Waals surface area contributed by atoms with Gasteiger partial charge in [0.2, 0.25) is 0 Å². The van der Waals surface area contributed by atoms with Gasteiger partial charge in [0.05, 0.1) is 10.5 Å². The molecule has 136 valence electrons. The van der Waals surface area contributed by atoms with E-state index in [0.717, 1.165) is 11.8 Å². The Morgan fingerprint density at radius 1 is 1.19 bits per heavy atom. The number of nitro groups is 1. The molecule has 2 aromatic rings. The molecule has 0 unspecified atom stereocenters. The number of carbonyl (C=O) groups excluding carboxylic acids is 2. The van der Waals surface area contributed by atoms with Gasteiger partial charge in [-0.15, -0.1) is 0 Å². The Kier molecular flexibility index (Phi) is 5.74. The van der Waals surface area contributed by atoms with Crippen molar-refractivity contribution in [3.05, 3.63) is 58.1 Å². The number of nitrogens with zero attached hydrogens (tertiary/aromatic N) is 2. The summed E-state index contributed by atoms with van der Waals surface area (Å²) in [6.07, 6.45) is 0. The zero-order valence-electron chi connectivity index (χ0n) is 14.3. The molecule has 0 spiro atoms. The van der Waals surface area contributed by atoms with Crippen molar-refractivity contribution in [3.8, 4) is 0 Å². The fourth-order valence-corrected chi connectivity index (χ4v) is 2.08. The quantitative estimate of drug-likeness (QED) is 0.350. The predicted octanol–water partition coefficient (Wildman–Crippen LogP) is 2.04. The molecule has 3 N–H and O–H groups in total. The molecule has 1 amide bonds. The van der Waals surface area contributed by atoms with Crippen LogP contribution >= 0.6 is 0 Å². The Morgan fingerprint density at radius 3 is 2.42 bits per heavy atom. The molecule has 0 aliphatic heterocycles. The average molecular weight is 358 g/mol. The Hall–Kier alpha value is -3.62. The van der Waals surface area contributed by atoms with Crippen molar-refractivity contribution >= 4 is 34.6 Å². The van der Waals surface area contributed by atoms with E-state index < -0.39 is 29.1 Å². The van der Waals surface area contributed by atoms with Gasteiger partial charge in [0.25, 0.3) is 11.6 Å². The second kappa shape index (κ2) is 7.97. The number of nitrogens with one attached hydrogen (secondary N) is 1. The number of nitrogen functional groups attached to an aromatic ring is 1. The van der Waals surface area contributed by atoms with Crippen LogP contribution in [-0.4, -0.2) is 37.5 Å². The van der Waals surface area contributed by atoms with Gasteiger partial charge in [-0.3, -0.25) is 14.9 Å². The van der Waals surface area contributed by atoms with E-state index >= 15 is 0 Å². The zero-order chi connectivity index (χ0) is 19.3. The molecule has 26 heavy (non-hydrogen) atoms. The van der Waals surface area contributed by atoms with E-state index in [-0.39, 0.29) is 11.3 Å². The van der Waals surface area contributed by atoms with E-state index in [9.17, 15) is 19.7 Å². The SMILES string of the molecule is CN(C)c1ccc(NC(=O)COC(=O)c2ccc(N)c([N+](=O)[O-])c2)cc1. The summed E-state index contributed by atoms with van der Waals surface area (Å²) in [7, 11) is 3.79. The van der Waals surface area contributed by atoms with Crippen molar-refractivity contribution in [1.82, 2.24) is 0 Å². The minimum Gasteiger partial charge on any atom is -0.452 e. The number of rotatable bonds is 6. The van der Waals surface area contributed by atoms with E-state index in [0.29, 0.717) is 5.69 Å². The first-order valence-corrected chi connectivity index (χ1v) is 7.56. The highest BCUT2D eigenvalue weighted by Gasteiger charge is 2.17. The topological polar surface area (TPSA) is 128 Å².